The second-order valence-corrected chi connectivity index (χ2v) is 11.0. The summed E-state index contributed by atoms with van der Waals surface area (Å²) in [6, 6.07) is 3.95. The van der Waals surface area contributed by atoms with Crippen molar-refractivity contribution in [2.75, 3.05) is 0 Å². The number of aliphatic imine (C=N–C) groups is 1. The van der Waals surface area contributed by atoms with Crippen LogP contribution in [-0.4, -0.2) is 32.5 Å². The lowest BCUT2D eigenvalue weighted by Gasteiger charge is -2.26. The standard InChI is InChI=1S/C26H28Cl2N5O2/c1-26(2,3)35-25(34)24-20-9-6-17(27)13-22(20)30-14-23-32(24)15-31-33(23)19-7-4-16(5-8-19)21-12-18(28)10-11-29-21/h6,10-16,19H,4-5,7-9H2,1-3H3/q+1. The molecule has 0 saturated heterocycles. The molecular weight excluding hydrogens is 485 g/mol. The summed E-state index contributed by atoms with van der Waals surface area (Å²) < 4.78 is 9.58. The molecule has 0 atom stereocenters. The molecule has 7 nitrogen and oxygen atoms in total. The van der Waals surface area contributed by atoms with Crippen LogP contribution < -0.4 is 4.57 Å². The number of ether oxygens (including phenoxy) is 1. The van der Waals surface area contributed by atoms with E-state index in [9.17, 15) is 4.79 Å². The number of hydrogen-bond acceptors (Lipinski definition) is 5. The minimum atomic E-state index is -0.632. The predicted octanol–water partition coefficient (Wildman–Crippen LogP) is 5.51. The molecule has 0 N–H and O–H groups in total. The van der Waals surface area contributed by atoms with Crippen LogP contribution in [0.2, 0.25) is 5.02 Å². The number of aromatic nitrogens is 4. The Balaban J connectivity index is 1.47. The first-order valence-corrected chi connectivity index (χ1v) is 12.6. The zero-order chi connectivity index (χ0) is 24.7. The van der Waals surface area contributed by atoms with Crippen molar-refractivity contribution in [2.24, 2.45) is 4.99 Å². The molecule has 0 amide bonds. The number of rotatable bonds is 3. The Kier molecular flexibility index (Phi) is 6.40. The summed E-state index contributed by atoms with van der Waals surface area (Å²) in [5.74, 6) is 0.715. The number of nitrogens with zero attached hydrogens (tertiary/aromatic N) is 5. The normalized spacial score (nSPS) is 22.1. The van der Waals surface area contributed by atoms with E-state index in [1.54, 1.807) is 30.9 Å². The lowest BCUT2D eigenvalue weighted by molar-refractivity contribution is -0.581. The first kappa shape index (κ1) is 23.9. The molecule has 2 aromatic heterocycles. The molecular formula is C26H28Cl2N5O2+. The topological polar surface area (TPSA) is 73.2 Å². The van der Waals surface area contributed by atoms with Crippen molar-refractivity contribution < 1.29 is 14.1 Å². The number of carbonyl (C=O) groups excluding carboxylic acids is 1. The Morgan fingerprint density at radius 1 is 1.20 bits per heavy atom. The van der Waals surface area contributed by atoms with Gasteiger partial charge in [0.05, 0.1) is 5.70 Å². The van der Waals surface area contributed by atoms with Crippen LogP contribution in [-0.2, 0) is 9.53 Å². The molecule has 182 valence electrons. The first-order valence-electron chi connectivity index (χ1n) is 11.9. The molecule has 5 rings (SSSR count). The van der Waals surface area contributed by atoms with Gasteiger partial charge in [-0.3, -0.25) is 4.98 Å². The van der Waals surface area contributed by atoms with Crippen molar-refractivity contribution in [3.8, 4) is 0 Å². The molecule has 3 aliphatic rings. The van der Waals surface area contributed by atoms with E-state index < -0.39 is 11.6 Å². The Hall–Kier alpha value is -2.77. The fraction of sp³-hybridized carbons (Fsp3) is 0.423. The fourth-order valence-corrected chi connectivity index (χ4v) is 5.25. The largest absolute Gasteiger partial charge is 0.454 e. The van der Waals surface area contributed by atoms with Gasteiger partial charge in [0, 0.05) is 38.5 Å². The van der Waals surface area contributed by atoms with Gasteiger partial charge in [0.15, 0.2) is 5.70 Å². The summed E-state index contributed by atoms with van der Waals surface area (Å²) in [5.41, 5.74) is 2.29. The minimum Gasteiger partial charge on any atom is -0.454 e. The smallest absolute Gasteiger partial charge is 0.371 e. The third-order valence-corrected chi connectivity index (χ3v) is 7.00. The minimum absolute atomic E-state index is 0.189. The average molecular weight is 513 g/mol. The molecule has 0 radical (unpaired) electrons. The summed E-state index contributed by atoms with van der Waals surface area (Å²) in [5, 5.41) is 6.03. The molecule has 0 bridgehead atoms. The van der Waals surface area contributed by atoms with Gasteiger partial charge < -0.3 is 4.74 Å². The van der Waals surface area contributed by atoms with Crippen LogP contribution in [0.1, 0.15) is 76.4 Å². The highest BCUT2D eigenvalue weighted by molar-refractivity contribution is 6.31. The molecule has 2 aromatic rings. The van der Waals surface area contributed by atoms with Crippen molar-refractivity contribution >= 4 is 41.1 Å². The molecule has 1 saturated carbocycles. The number of allylic oxidation sites excluding steroid dienone is 4. The van der Waals surface area contributed by atoms with E-state index in [2.05, 4.69) is 4.98 Å². The quantitative estimate of drug-likeness (QED) is 0.401. The Labute approximate surface area is 214 Å². The maximum atomic E-state index is 13.4. The highest BCUT2D eigenvalue weighted by Crippen LogP contribution is 2.38. The van der Waals surface area contributed by atoms with E-state index >= 15 is 0 Å². The van der Waals surface area contributed by atoms with Gasteiger partial charge in [0.2, 0.25) is 0 Å². The van der Waals surface area contributed by atoms with Crippen LogP contribution in [0.5, 0.6) is 0 Å². The Bertz CT molecular complexity index is 1290. The van der Waals surface area contributed by atoms with Gasteiger partial charge in [-0.1, -0.05) is 29.3 Å². The van der Waals surface area contributed by atoms with Crippen LogP contribution in [0.15, 0.2) is 58.1 Å². The number of esters is 1. The van der Waals surface area contributed by atoms with E-state index in [0.717, 1.165) is 47.8 Å². The summed E-state index contributed by atoms with van der Waals surface area (Å²) in [6.45, 7) is 5.58. The van der Waals surface area contributed by atoms with Crippen LogP contribution in [0.25, 0.3) is 5.70 Å². The lowest BCUT2D eigenvalue weighted by Crippen LogP contribution is -2.42. The molecule has 0 aromatic carbocycles. The first-order chi connectivity index (χ1) is 16.7. The monoisotopic (exact) mass is 512 g/mol. The van der Waals surface area contributed by atoms with E-state index in [0.29, 0.717) is 28.8 Å². The second-order valence-electron chi connectivity index (χ2n) is 10.1. The lowest BCUT2D eigenvalue weighted by atomic mass is 9.84. The molecule has 1 fully saturated rings. The Morgan fingerprint density at radius 3 is 2.69 bits per heavy atom. The maximum absolute atomic E-state index is 13.4. The van der Waals surface area contributed by atoms with E-state index in [1.807, 2.05) is 42.2 Å². The number of halogens is 2. The average Bonchev–Trinajstić information content (AvgIpc) is 3.14. The van der Waals surface area contributed by atoms with Gasteiger partial charge in [0.1, 0.15) is 17.9 Å². The number of carbonyl (C=O) groups is 1. The number of pyridine rings is 1. The van der Waals surface area contributed by atoms with Crippen molar-refractivity contribution in [1.29, 1.82) is 0 Å². The van der Waals surface area contributed by atoms with E-state index in [1.165, 1.54) is 0 Å². The van der Waals surface area contributed by atoms with Crippen molar-refractivity contribution in [3.05, 3.63) is 69.7 Å². The zero-order valence-corrected chi connectivity index (χ0v) is 21.6. The van der Waals surface area contributed by atoms with Crippen LogP contribution in [0, 0.1) is 0 Å². The molecule has 1 aliphatic heterocycles. The fourth-order valence-electron chi connectivity index (χ4n) is 4.91. The predicted molar refractivity (Wildman–Crippen MR) is 135 cm³/mol. The molecule has 0 unspecified atom stereocenters. The molecule has 9 heteroatoms. The highest BCUT2D eigenvalue weighted by atomic mass is 35.5. The summed E-state index contributed by atoms with van der Waals surface area (Å²) in [4.78, 5) is 22.6. The zero-order valence-electron chi connectivity index (χ0n) is 20.0. The van der Waals surface area contributed by atoms with E-state index in [4.69, 9.17) is 38.0 Å². The van der Waals surface area contributed by atoms with Gasteiger partial charge >= 0.3 is 5.97 Å². The van der Waals surface area contributed by atoms with Gasteiger partial charge in [0.25, 0.3) is 12.2 Å². The van der Waals surface area contributed by atoms with Crippen molar-refractivity contribution in [2.45, 2.75) is 70.4 Å². The summed E-state index contributed by atoms with van der Waals surface area (Å²) in [7, 11) is 0. The summed E-state index contributed by atoms with van der Waals surface area (Å²) in [6.07, 6.45) is 13.2. The molecule has 2 aliphatic carbocycles. The van der Waals surface area contributed by atoms with Gasteiger partial charge in [-0.05, 0) is 71.1 Å². The maximum Gasteiger partial charge on any atom is 0.371 e. The molecule has 0 spiro atoms. The van der Waals surface area contributed by atoms with Crippen LogP contribution >= 0.6 is 23.2 Å². The molecule has 3 heterocycles. The SMILES string of the molecule is CC(C)(C)OC(=O)C1=C2CC=C(Cl)C=C2N=Cc2n(C3CCC(c4cc(Cl)ccn4)CC3)nc[n+]21. The van der Waals surface area contributed by atoms with Gasteiger partial charge in [-0.2, -0.15) is 4.57 Å². The third-order valence-electron chi connectivity index (χ3n) is 6.50. The van der Waals surface area contributed by atoms with E-state index in [-0.39, 0.29) is 6.04 Å². The third kappa shape index (κ3) is 4.98. The van der Waals surface area contributed by atoms with Gasteiger partial charge in [-0.25, -0.2) is 9.79 Å². The summed E-state index contributed by atoms with van der Waals surface area (Å²) >= 11 is 12.4. The molecule has 35 heavy (non-hydrogen) atoms. The van der Waals surface area contributed by atoms with Crippen LogP contribution in [0.3, 0.4) is 0 Å². The van der Waals surface area contributed by atoms with Crippen molar-refractivity contribution in [1.82, 2.24) is 14.8 Å². The Morgan fingerprint density at radius 2 is 1.97 bits per heavy atom. The van der Waals surface area contributed by atoms with Crippen LogP contribution in [0.4, 0.5) is 0 Å². The van der Waals surface area contributed by atoms with Gasteiger partial charge in [-0.15, -0.1) is 4.68 Å². The number of hydrogen-bond donors (Lipinski definition) is 0. The highest BCUT2D eigenvalue weighted by Gasteiger charge is 2.37. The second kappa shape index (κ2) is 9.36. The van der Waals surface area contributed by atoms with Crippen molar-refractivity contribution in [3.63, 3.8) is 0 Å². The number of fused-ring (bicyclic) bond motifs is 2.